The van der Waals surface area contributed by atoms with Crippen LogP contribution in [0, 0.1) is 16.7 Å². The Morgan fingerprint density at radius 2 is 2.00 bits per heavy atom. The Morgan fingerprint density at radius 1 is 1.32 bits per heavy atom. The van der Waals surface area contributed by atoms with Gasteiger partial charge in [-0.25, -0.2) is 0 Å². The maximum Gasteiger partial charge on any atom is 0.0897 e. The number of aliphatic hydroxyl groups is 1. The molecular weight excluding hydrogens is 238 g/mol. The topological polar surface area (TPSA) is 41.5 Å². The van der Waals surface area contributed by atoms with Crippen LogP contribution in [0.5, 0.6) is 0 Å². The second-order valence-electron chi connectivity index (χ2n) is 7.65. The molecular formula is C16H31NO2. The van der Waals surface area contributed by atoms with Gasteiger partial charge in [0.05, 0.1) is 18.8 Å². The van der Waals surface area contributed by atoms with Crippen LogP contribution in [0.25, 0.3) is 0 Å². The quantitative estimate of drug-likeness (QED) is 0.779. The lowest BCUT2D eigenvalue weighted by Crippen LogP contribution is -2.40. The second kappa shape index (κ2) is 5.34. The maximum atomic E-state index is 9.96. The third kappa shape index (κ3) is 2.70. The molecule has 3 nitrogen and oxygen atoms in total. The molecule has 2 saturated carbocycles. The zero-order valence-corrected chi connectivity index (χ0v) is 13.2. The van der Waals surface area contributed by atoms with Crippen molar-refractivity contribution in [2.75, 3.05) is 13.2 Å². The van der Waals surface area contributed by atoms with Crippen molar-refractivity contribution in [3.8, 4) is 0 Å². The average Bonchev–Trinajstić information content (AvgIpc) is 2.66. The van der Waals surface area contributed by atoms with Crippen molar-refractivity contribution in [2.45, 2.75) is 72.1 Å². The molecule has 0 unspecified atom stereocenters. The van der Waals surface area contributed by atoms with E-state index in [4.69, 9.17) is 4.74 Å². The van der Waals surface area contributed by atoms with Crippen molar-refractivity contribution < 1.29 is 9.84 Å². The minimum absolute atomic E-state index is 0.295. The Hall–Kier alpha value is -0.120. The van der Waals surface area contributed by atoms with Gasteiger partial charge in [0.2, 0.25) is 0 Å². The molecule has 2 aliphatic carbocycles. The largest absolute Gasteiger partial charge is 0.389 e. The van der Waals surface area contributed by atoms with Crippen LogP contribution in [0.4, 0.5) is 0 Å². The van der Waals surface area contributed by atoms with Crippen molar-refractivity contribution in [2.24, 2.45) is 16.7 Å². The highest BCUT2D eigenvalue weighted by Gasteiger charge is 2.61. The summed E-state index contributed by atoms with van der Waals surface area (Å²) in [6.07, 6.45) is 3.73. The monoisotopic (exact) mass is 269 g/mol. The van der Waals surface area contributed by atoms with Gasteiger partial charge < -0.3 is 15.2 Å². The van der Waals surface area contributed by atoms with Crippen molar-refractivity contribution in [1.29, 1.82) is 0 Å². The third-order valence-electron chi connectivity index (χ3n) is 5.97. The summed E-state index contributed by atoms with van der Waals surface area (Å²) >= 11 is 0. The number of hydrogen-bond donors (Lipinski definition) is 2. The molecule has 2 bridgehead atoms. The lowest BCUT2D eigenvalue weighted by Gasteiger charge is -2.39. The molecule has 4 atom stereocenters. The van der Waals surface area contributed by atoms with E-state index in [0.29, 0.717) is 36.1 Å². The molecule has 0 heterocycles. The maximum absolute atomic E-state index is 9.96. The van der Waals surface area contributed by atoms with Gasteiger partial charge in [0, 0.05) is 12.6 Å². The minimum atomic E-state index is -0.395. The lowest BCUT2D eigenvalue weighted by molar-refractivity contribution is -0.0743. The summed E-state index contributed by atoms with van der Waals surface area (Å²) in [5.41, 5.74) is 0.682. The van der Waals surface area contributed by atoms with E-state index in [9.17, 15) is 5.11 Å². The van der Waals surface area contributed by atoms with E-state index in [2.05, 4.69) is 39.9 Å². The van der Waals surface area contributed by atoms with Gasteiger partial charge in [-0.2, -0.15) is 0 Å². The zero-order valence-electron chi connectivity index (χ0n) is 13.2. The van der Waals surface area contributed by atoms with Crippen LogP contribution in [0.15, 0.2) is 0 Å². The summed E-state index contributed by atoms with van der Waals surface area (Å²) < 4.78 is 6.08. The van der Waals surface area contributed by atoms with E-state index in [0.717, 1.165) is 5.92 Å². The van der Waals surface area contributed by atoms with Gasteiger partial charge in [-0.1, -0.05) is 34.6 Å². The average molecular weight is 269 g/mol. The minimum Gasteiger partial charge on any atom is -0.389 e. The first-order valence-corrected chi connectivity index (χ1v) is 7.80. The van der Waals surface area contributed by atoms with Gasteiger partial charge in [-0.05, 0) is 36.0 Å². The van der Waals surface area contributed by atoms with Crippen molar-refractivity contribution in [3.63, 3.8) is 0 Å². The van der Waals surface area contributed by atoms with Crippen LogP contribution in [0.3, 0.4) is 0 Å². The van der Waals surface area contributed by atoms with E-state index >= 15 is 0 Å². The Morgan fingerprint density at radius 3 is 2.47 bits per heavy atom. The smallest absolute Gasteiger partial charge is 0.0897 e. The second-order valence-corrected chi connectivity index (χ2v) is 7.65. The van der Waals surface area contributed by atoms with Crippen molar-refractivity contribution in [3.05, 3.63) is 0 Å². The van der Waals surface area contributed by atoms with Gasteiger partial charge in [0.15, 0.2) is 0 Å². The molecule has 0 saturated heterocycles. The number of nitrogens with one attached hydrogen (secondary N) is 1. The molecule has 0 spiro atoms. The lowest BCUT2D eigenvalue weighted by atomic mass is 9.70. The standard InChI is InChI=1S/C16H31NO2/c1-11(2)17-9-13(18)10-19-14-8-12-6-7-16(14,5)15(12,3)4/h11-14,17-18H,6-10H2,1-5H3/t12-,13-,14-,16-/m0/s1. The fraction of sp³-hybridized carbons (Fsp3) is 1.00. The Balaban J connectivity index is 1.82. The highest BCUT2D eigenvalue weighted by atomic mass is 16.5. The summed E-state index contributed by atoms with van der Waals surface area (Å²) in [5.74, 6) is 0.799. The summed E-state index contributed by atoms with van der Waals surface area (Å²) in [5, 5.41) is 13.2. The molecule has 0 aromatic heterocycles. The summed E-state index contributed by atoms with van der Waals surface area (Å²) in [7, 11) is 0. The third-order valence-corrected chi connectivity index (χ3v) is 5.97. The Bertz CT molecular complexity index is 316. The number of aliphatic hydroxyl groups excluding tert-OH is 1. The van der Waals surface area contributed by atoms with Crippen LogP contribution in [-0.4, -0.2) is 36.5 Å². The molecule has 2 N–H and O–H groups in total. The van der Waals surface area contributed by atoms with Crippen LogP contribution in [-0.2, 0) is 4.74 Å². The van der Waals surface area contributed by atoms with Crippen molar-refractivity contribution >= 4 is 0 Å². The number of rotatable bonds is 6. The van der Waals surface area contributed by atoms with Gasteiger partial charge >= 0.3 is 0 Å². The van der Waals surface area contributed by atoms with E-state index in [1.54, 1.807) is 0 Å². The Kier molecular flexibility index (Phi) is 4.29. The van der Waals surface area contributed by atoms with Gasteiger partial charge in [0.1, 0.15) is 0 Å². The summed E-state index contributed by atoms with van der Waals surface area (Å²) in [6, 6.07) is 0.411. The predicted molar refractivity (Wildman–Crippen MR) is 78.1 cm³/mol. The molecule has 2 aliphatic rings. The fourth-order valence-corrected chi connectivity index (χ4v) is 4.04. The molecule has 0 aliphatic heterocycles. The van der Waals surface area contributed by atoms with E-state index < -0.39 is 6.10 Å². The fourth-order valence-electron chi connectivity index (χ4n) is 4.04. The molecule has 19 heavy (non-hydrogen) atoms. The molecule has 2 rings (SSSR count). The molecule has 2 fully saturated rings. The van der Waals surface area contributed by atoms with Crippen LogP contribution in [0.2, 0.25) is 0 Å². The highest BCUT2D eigenvalue weighted by molar-refractivity contribution is 5.11. The van der Waals surface area contributed by atoms with Crippen LogP contribution < -0.4 is 5.32 Å². The molecule has 0 radical (unpaired) electrons. The predicted octanol–water partition coefficient (Wildman–Crippen LogP) is 2.58. The SMILES string of the molecule is CC(C)NC[C@H](O)CO[C@H]1C[C@@H]2CC[C@]1(C)C2(C)C. The zero-order chi connectivity index (χ0) is 14.3. The van der Waals surface area contributed by atoms with Gasteiger partial charge in [-0.15, -0.1) is 0 Å². The molecule has 0 aromatic carbocycles. The van der Waals surface area contributed by atoms with E-state index in [1.807, 2.05) is 0 Å². The van der Waals surface area contributed by atoms with Crippen LogP contribution >= 0.6 is 0 Å². The van der Waals surface area contributed by atoms with Gasteiger partial charge in [-0.3, -0.25) is 0 Å². The van der Waals surface area contributed by atoms with E-state index in [-0.39, 0.29) is 0 Å². The number of ether oxygens (including phenoxy) is 1. The van der Waals surface area contributed by atoms with E-state index in [1.165, 1.54) is 19.3 Å². The van der Waals surface area contributed by atoms with Gasteiger partial charge in [0.25, 0.3) is 0 Å². The van der Waals surface area contributed by atoms with Crippen LogP contribution in [0.1, 0.15) is 53.9 Å². The summed E-state index contributed by atoms with van der Waals surface area (Å²) in [4.78, 5) is 0. The molecule has 0 aromatic rings. The Labute approximate surface area is 118 Å². The number of hydrogen-bond acceptors (Lipinski definition) is 3. The first-order valence-electron chi connectivity index (χ1n) is 7.80. The summed E-state index contributed by atoms with van der Waals surface area (Å²) in [6.45, 7) is 12.4. The normalized spacial score (nSPS) is 38.1. The van der Waals surface area contributed by atoms with Crippen molar-refractivity contribution in [1.82, 2.24) is 5.32 Å². The molecule has 3 heteroatoms. The molecule has 0 amide bonds. The first kappa shape index (κ1) is 15.3. The molecule has 112 valence electrons. The first-order chi connectivity index (χ1) is 8.77. The highest BCUT2D eigenvalue weighted by Crippen LogP contribution is 2.66. The number of fused-ring (bicyclic) bond motifs is 2.